The SMILES string of the molecule is O=C(NC1CCCCCC1)[C@@H]1CCCN(C(=O)Nc2ccccc2)C1. The predicted molar refractivity (Wildman–Crippen MR) is 99.4 cm³/mol. The van der Waals surface area contributed by atoms with Crippen LogP contribution < -0.4 is 10.6 Å². The summed E-state index contributed by atoms with van der Waals surface area (Å²) in [6.07, 6.45) is 8.92. The fourth-order valence-corrected chi connectivity index (χ4v) is 3.84. The molecule has 2 fully saturated rings. The molecule has 1 aliphatic carbocycles. The summed E-state index contributed by atoms with van der Waals surface area (Å²) >= 11 is 0. The van der Waals surface area contributed by atoms with Crippen LogP contribution in [0, 0.1) is 5.92 Å². The molecule has 3 rings (SSSR count). The molecule has 1 heterocycles. The molecule has 0 bridgehead atoms. The van der Waals surface area contributed by atoms with Crippen molar-refractivity contribution in [3.05, 3.63) is 30.3 Å². The van der Waals surface area contributed by atoms with Crippen molar-refractivity contribution in [2.45, 2.75) is 57.4 Å². The Morgan fingerprint density at radius 2 is 1.64 bits per heavy atom. The molecule has 1 atom stereocenters. The number of para-hydroxylation sites is 1. The maximum absolute atomic E-state index is 12.6. The van der Waals surface area contributed by atoms with Crippen LogP contribution in [0.5, 0.6) is 0 Å². The van der Waals surface area contributed by atoms with Crippen molar-refractivity contribution >= 4 is 17.6 Å². The van der Waals surface area contributed by atoms with E-state index in [0.717, 1.165) is 31.4 Å². The second-order valence-corrected chi connectivity index (χ2v) is 7.28. The van der Waals surface area contributed by atoms with Crippen molar-refractivity contribution in [1.82, 2.24) is 10.2 Å². The Bertz CT molecular complexity index is 568. The van der Waals surface area contributed by atoms with Crippen LogP contribution in [-0.2, 0) is 4.79 Å². The highest BCUT2D eigenvalue weighted by molar-refractivity contribution is 5.90. The Kier molecular flexibility index (Phi) is 6.31. The number of piperidine rings is 1. The van der Waals surface area contributed by atoms with Gasteiger partial charge < -0.3 is 15.5 Å². The Morgan fingerprint density at radius 3 is 2.36 bits per heavy atom. The van der Waals surface area contributed by atoms with Crippen molar-refractivity contribution in [1.29, 1.82) is 0 Å². The van der Waals surface area contributed by atoms with Crippen LogP contribution in [0.2, 0.25) is 0 Å². The van der Waals surface area contributed by atoms with E-state index in [1.54, 1.807) is 4.90 Å². The van der Waals surface area contributed by atoms with Gasteiger partial charge in [-0.2, -0.15) is 0 Å². The number of benzene rings is 1. The van der Waals surface area contributed by atoms with Gasteiger partial charge in [-0.1, -0.05) is 43.9 Å². The third kappa shape index (κ3) is 5.21. The van der Waals surface area contributed by atoms with Crippen molar-refractivity contribution in [2.75, 3.05) is 18.4 Å². The summed E-state index contributed by atoms with van der Waals surface area (Å²) < 4.78 is 0. The molecule has 1 saturated heterocycles. The molecule has 1 aromatic carbocycles. The first-order valence-corrected chi connectivity index (χ1v) is 9.64. The van der Waals surface area contributed by atoms with E-state index in [2.05, 4.69) is 10.6 Å². The van der Waals surface area contributed by atoms with E-state index < -0.39 is 0 Å². The second kappa shape index (κ2) is 8.88. The maximum Gasteiger partial charge on any atom is 0.321 e. The lowest BCUT2D eigenvalue weighted by molar-refractivity contribution is -0.127. The number of carbonyl (C=O) groups is 2. The Morgan fingerprint density at radius 1 is 0.920 bits per heavy atom. The first kappa shape index (κ1) is 17.8. The molecule has 136 valence electrons. The molecular formula is C20H29N3O2. The normalized spacial score (nSPS) is 22.1. The molecule has 1 aromatic rings. The number of likely N-dealkylation sites (tertiary alicyclic amines) is 1. The highest BCUT2D eigenvalue weighted by Crippen LogP contribution is 2.21. The van der Waals surface area contributed by atoms with Gasteiger partial charge in [0.15, 0.2) is 0 Å². The number of carbonyl (C=O) groups excluding carboxylic acids is 2. The summed E-state index contributed by atoms with van der Waals surface area (Å²) in [6.45, 7) is 1.23. The van der Waals surface area contributed by atoms with Gasteiger partial charge >= 0.3 is 6.03 Å². The third-order valence-corrected chi connectivity index (χ3v) is 5.31. The molecule has 0 unspecified atom stereocenters. The monoisotopic (exact) mass is 343 g/mol. The van der Waals surface area contributed by atoms with Gasteiger partial charge in [-0.25, -0.2) is 4.79 Å². The van der Waals surface area contributed by atoms with E-state index in [-0.39, 0.29) is 17.9 Å². The van der Waals surface area contributed by atoms with E-state index in [4.69, 9.17) is 0 Å². The zero-order valence-corrected chi connectivity index (χ0v) is 14.9. The number of nitrogens with one attached hydrogen (secondary N) is 2. The second-order valence-electron chi connectivity index (χ2n) is 7.28. The number of rotatable bonds is 3. The molecule has 5 nitrogen and oxygen atoms in total. The third-order valence-electron chi connectivity index (χ3n) is 5.31. The summed E-state index contributed by atoms with van der Waals surface area (Å²) in [6, 6.07) is 9.67. The van der Waals surface area contributed by atoms with Crippen LogP contribution >= 0.6 is 0 Å². The summed E-state index contributed by atoms with van der Waals surface area (Å²) in [5, 5.41) is 6.16. The molecule has 25 heavy (non-hydrogen) atoms. The molecule has 1 aliphatic heterocycles. The van der Waals surface area contributed by atoms with Crippen molar-refractivity contribution in [3.63, 3.8) is 0 Å². The number of nitrogens with zero attached hydrogens (tertiary/aromatic N) is 1. The van der Waals surface area contributed by atoms with Gasteiger partial charge in [-0.15, -0.1) is 0 Å². The number of hydrogen-bond acceptors (Lipinski definition) is 2. The fourth-order valence-electron chi connectivity index (χ4n) is 3.84. The Balaban J connectivity index is 1.51. The van der Waals surface area contributed by atoms with Gasteiger partial charge in [0.25, 0.3) is 0 Å². The van der Waals surface area contributed by atoms with Crippen molar-refractivity contribution in [2.24, 2.45) is 5.92 Å². The quantitative estimate of drug-likeness (QED) is 0.821. The van der Waals surface area contributed by atoms with Crippen LogP contribution in [0.25, 0.3) is 0 Å². The van der Waals surface area contributed by atoms with Crippen LogP contribution in [-0.4, -0.2) is 36.0 Å². The van der Waals surface area contributed by atoms with Gasteiger partial charge in [0.2, 0.25) is 5.91 Å². The van der Waals surface area contributed by atoms with Crippen LogP contribution in [0.15, 0.2) is 30.3 Å². The minimum atomic E-state index is -0.113. The fraction of sp³-hybridized carbons (Fsp3) is 0.600. The molecule has 0 aromatic heterocycles. The van der Waals surface area contributed by atoms with Gasteiger partial charge in [0.05, 0.1) is 5.92 Å². The summed E-state index contributed by atoms with van der Waals surface area (Å²) in [5.41, 5.74) is 0.789. The topological polar surface area (TPSA) is 61.4 Å². The lowest BCUT2D eigenvalue weighted by Gasteiger charge is -2.33. The van der Waals surface area contributed by atoms with E-state index in [1.165, 1.54) is 25.7 Å². The smallest absolute Gasteiger partial charge is 0.321 e. The summed E-state index contributed by atoms with van der Waals surface area (Å²) in [4.78, 5) is 26.9. The first-order chi connectivity index (χ1) is 12.2. The molecule has 3 amide bonds. The maximum atomic E-state index is 12.6. The zero-order chi connectivity index (χ0) is 17.5. The molecule has 2 aliphatic rings. The molecule has 0 radical (unpaired) electrons. The molecule has 2 N–H and O–H groups in total. The summed E-state index contributed by atoms with van der Waals surface area (Å²) in [5.74, 6) is 0.0441. The summed E-state index contributed by atoms with van der Waals surface area (Å²) in [7, 11) is 0. The molecule has 1 saturated carbocycles. The van der Waals surface area contributed by atoms with Crippen LogP contribution in [0.1, 0.15) is 51.4 Å². The predicted octanol–water partition coefficient (Wildman–Crippen LogP) is 3.77. The lowest BCUT2D eigenvalue weighted by Crippen LogP contribution is -2.48. The standard InChI is InChI=1S/C20H29N3O2/c24-19(21-17-10-4-1-2-5-11-17)16-9-8-14-23(15-16)20(25)22-18-12-6-3-7-13-18/h3,6-7,12-13,16-17H,1-2,4-5,8-11,14-15H2,(H,21,24)(H,22,25)/t16-/m1/s1. The largest absolute Gasteiger partial charge is 0.353 e. The average Bonchev–Trinajstić information content (AvgIpc) is 2.91. The number of hydrogen-bond donors (Lipinski definition) is 2. The van der Waals surface area contributed by atoms with Gasteiger partial charge in [0, 0.05) is 24.8 Å². The van der Waals surface area contributed by atoms with Crippen LogP contribution in [0.3, 0.4) is 0 Å². The van der Waals surface area contributed by atoms with E-state index >= 15 is 0 Å². The number of urea groups is 1. The first-order valence-electron chi connectivity index (χ1n) is 9.64. The minimum absolute atomic E-state index is 0.0847. The van der Waals surface area contributed by atoms with Gasteiger partial charge in [0.1, 0.15) is 0 Å². The van der Waals surface area contributed by atoms with Crippen LogP contribution in [0.4, 0.5) is 10.5 Å². The average molecular weight is 343 g/mol. The van der Waals surface area contributed by atoms with Gasteiger partial charge in [-0.3, -0.25) is 4.79 Å². The lowest BCUT2D eigenvalue weighted by atomic mass is 9.96. The van der Waals surface area contributed by atoms with E-state index in [9.17, 15) is 9.59 Å². The van der Waals surface area contributed by atoms with E-state index in [0.29, 0.717) is 19.1 Å². The van der Waals surface area contributed by atoms with Gasteiger partial charge in [-0.05, 0) is 37.8 Å². The Hall–Kier alpha value is -2.04. The van der Waals surface area contributed by atoms with Crippen molar-refractivity contribution < 1.29 is 9.59 Å². The highest BCUT2D eigenvalue weighted by Gasteiger charge is 2.29. The number of anilines is 1. The minimum Gasteiger partial charge on any atom is -0.353 e. The Labute approximate surface area is 150 Å². The number of amides is 3. The van der Waals surface area contributed by atoms with E-state index in [1.807, 2.05) is 30.3 Å². The molecule has 0 spiro atoms. The highest BCUT2D eigenvalue weighted by atomic mass is 16.2. The molecule has 5 heteroatoms. The molecular weight excluding hydrogens is 314 g/mol. The van der Waals surface area contributed by atoms with Crippen molar-refractivity contribution in [3.8, 4) is 0 Å². The zero-order valence-electron chi connectivity index (χ0n) is 14.9.